The first-order valence-corrected chi connectivity index (χ1v) is 6.85. The van der Waals surface area contributed by atoms with Crippen LogP contribution >= 0.6 is 0 Å². The Labute approximate surface area is 109 Å². The second-order valence-corrected chi connectivity index (χ2v) is 5.12. The minimum absolute atomic E-state index is 0.145. The zero-order valence-corrected chi connectivity index (χ0v) is 11.1. The van der Waals surface area contributed by atoms with Crippen molar-refractivity contribution in [2.75, 3.05) is 18.8 Å². The number of hydrogen-bond acceptors (Lipinski definition) is 2. The molecule has 18 heavy (non-hydrogen) atoms. The average molecular weight is 246 g/mol. The van der Waals surface area contributed by atoms with Gasteiger partial charge in [0.05, 0.1) is 0 Å². The minimum atomic E-state index is 0.145. The highest BCUT2D eigenvalue weighted by Crippen LogP contribution is 2.21. The maximum atomic E-state index is 12.3. The highest BCUT2D eigenvalue weighted by atomic mass is 16.2. The standard InChI is InChI=1S/C15H22N2O/c1-2-12-4-3-10-17(11-9-12)15(18)13-5-7-14(16)8-6-13/h5-8,12H,2-4,9-11,16H2,1H3. The van der Waals surface area contributed by atoms with E-state index in [9.17, 15) is 4.79 Å². The average Bonchev–Trinajstić information content (AvgIpc) is 2.64. The molecule has 1 heterocycles. The largest absolute Gasteiger partial charge is 0.399 e. The van der Waals surface area contributed by atoms with Crippen molar-refractivity contribution in [3.63, 3.8) is 0 Å². The summed E-state index contributed by atoms with van der Waals surface area (Å²) < 4.78 is 0. The molecule has 0 saturated carbocycles. The lowest BCUT2D eigenvalue weighted by molar-refractivity contribution is 0.0760. The lowest BCUT2D eigenvalue weighted by atomic mass is 9.98. The quantitative estimate of drug-likeness (QED) is 0.815. The number of amides is 1. The van der Waals surface area contributed by atoms with Crippen molar-refractivity contribution in [2.24, 2.45) is 5.92 Å². The topological polar surface area (TPSA) is 46.3 Å². The normalized spacial score (nSPS) is 20.5. The van der Waals surface area contributed by atoms with Gasteiger partial charge in [0, 0.05) is 24.3 Å². The van der Waals surface area contributed by atoms with Gasteiger partial charge in [0.25, 0.3) is 5.91 Å². The zero-order valence-electron chi connectivity index (χ0n) is 11.1. The van der Waals surface area contributed by atoms with E-state index in [4.69, 9.17) is 5.73 Å². The Morgan fingerprint density at radius 2 is 2.00 bits per heavy atom. The molecule has 3 heteroatoms. The summed E-state index contributed by atoms with van der Waals surface area (Å²) in [5.74, 6) is 0.931. The SMILES string of the molecule is CCC1CCCN(C(=O)c2ccc(N)cc2)CC1. The van der Waals surface area contributed by atoms with Crippen molar-refractivity contribution < 1.29 is 4.79 Å². The molecule has 1 fully saturated rings. The Kier molecular flexibility index (Phi) is 4.24. The molecule has 3 nitrogen and oxygen atoms in total. The highest BCUT2D eigenvalue weighted by Gasteiger charge is 2.20. The lowest BCUT2D eigenvalue weighted by Gasteiger charge is -2.20. The van der Waals surface area contributed by atoms with Crippen LogP contribution in [-0.2, 0) is 0 Å². The van der Waals surface area contributed by atoms with Crippen LogP contribution in [0, 0.1) is 5.92 Å². The first-order valence-electron chi connectivity index (χ1n) is 6.85. The van der Waals surface area contributed by atoms with Crippen molar-refractivity contribution in [1.82, 2.24) is 4.90 Å². The Morgan fingerprint density at radius 3 is 2.67 bits per heavy atom. The van der Waals surface area contributed by atoms with Gasteiger partial charge < -0.3 is 10.6 Å². The van der Waals surface area contributed by atoms with Gasteiger partial charge >= 0.3 is 0 Å². The molecule has 98 valence electrons. The number of nitrogens with two attached hydrogens (primary N) is 1. The van der Waals surface area contributed by atoms with Gasteiger partial charge in [0.1, 0.15) is 0 Å². The molecule has 1 atom stereocenters. The van der Waals surface area contributed by atoms with E-state index in [1.54, 1.807) is 12.1 Å². The van der Waals surface area contributed by atoms with E-state index in [0.717, 1.165) is 37.4 Å². The van der Waals surface area contributed by atoms with E-state index in [0.29, 0.717) is 5.69 Å². The number of nitrogens with zero attached hydrogens (tertiary/aromatic N) is 1. The van der Waals surface area contributed by atoms with Crippen molar-refractivity contribution in [1.29, 1.82) is 0 Å². The predicted molar refractivity (Wildman–Crippen MR) is 74.4 cm³/mol. The summed E-state index contributed by atoms with van der Waals surface area (Å²) in [6.45, 7) is 4.02. The fourth-order valence-corrected chi connectivity index (χ4v) is 2.58. The first-order chi connectivity index (χ1) is 8.70. The van der Waals surface area contributed by atoms with Gasteiger partial charge in [0.2, 0.25) is 0 Å². The molecule has 1 unspecified atom stereocenters. The second kappa shape index (κ2) is 5.89. The molecule has 1 amide bonds. The molecule has 0 aromatic heterocycles. The fourth-order valence-electron chi connectivity index (χ4n) is 2.58. The van der Waals surface area contributed by atoms with Crippen LogP contribution in [0.2, 0.25) is 0 Å². The summed E-state index contributed by atoms with van der Waals surface area (Å²) in [5, 5.41) is 0. The summed E-state index contributed by atoms with van der Waals surface area (Å²) in [5.41, 5.74) is 7.09. The Hall–Kier alpha value is -1.51. The minimum Gasteiger partial charge on any atom is -0.399 e. The molecule has 2 N–H and O–H groups in total. The summed E-state index contributed by atoms with van der Waals surface area (Å²) in [7, 11) is 0. The van der Waals surface area contributed by atoms with Crippen LogP contribution in [0.4, 0.5) is 5.69 Å². The Balaban J connectivity index is 2.02. The second-order valence-electron chi connectivity index (χ2n) is 5.12. The number of likely N-dealkylation sites (tertiary alicyclic amines) is 1. The summed E-state index contributed by atoms with van der Waals surface area (Å²) >= 11 is 0. The van der Waals surface area contributed by atoms with Crippen LogP contribution in [0.5, 0.6) is 0 Å². The van der Waals surface area contributed by atoms with Crippen LogP contribution in [0.25, 0.3) is 0 Å². The van der Waals surface area contributed by atoms with Gasteiger partial charge in [-0.1, -0.05) is 13.3 Å². The number of hydrogen-bond donors (Lipinski definition) is 1. The molecule has 1 saturated heterocycles. The molecule has 0 radical (unpaired) electrons. The van der Waals surface area contributed by atoms with E-state index in [2.05, 4.69) is 6.92 Å². The number of rotatable bonds is 2. The first kappa shape index (κ1) is 12.9. The number of carbonyl (C=O) groups excluding carboxylic acids is 1. The van der Waals surface area contributed by atoms with Gasteiger partial charge in [-0.2, -0.15) is 0 Å². The molecular weight excluding hydrogens is 224 g/mol. The Morgan fingerprint density at radius 1 is 1.28 bits per heavy atom. The highest BCUT2D eigenvalue weighted by molar-refractivity contribution is 5.94. The molecule has 2 rings (SSSR count). The van der Waals surface area contributed by atoms with E-state index < -0.39 is 0 Å². The summed E-state index contributed by atoms with van der Waals surface area (Å²) in [6.07, 6.45) is 4.74. The maximum Gasteiger partial charge on any atom is 0.253 e. The number of anilines is 1. The molecule has 0 aliphatic carbocycles. The molecule has 1 aromatic rings. The van der Waals surface area contributed by atoms with Crippen LogP contribution in [0.1, 0.15) is 43.0 Å². The van der Waals surface area contributed by atoms with Crippen molar-refractivity contribution in [3.8, 4) is 0 Å². The number of nitrogen functional groups attached to an aromatic ring is 1. The molecule has 0 bridgehead atoms. The Bertz CT molecular complexity index is 399. The third kappa shape index (κ3) is 3.03. The molecule has 0 spiro atoms. The smallest absolute Gasteiger partial charge is 0.253 e. The summed E-state index contributed by atoms with van der Waals surface area (Å²) in [4.78, 5) is 14.3. The number of benzene rings is 1. The fraction of sp³-hybridized carbons (Fsp3) is 0.533. The van der Waals surface area contributed by atoms with Gasteiger partial charge in [-0.15, -0.1) is 0 Å². The van der Waals surface area contributed by atoms with Crippen LogP contribution in [0.3, 0.4) is 0 Å². The van der Waals surface area contributed by atoms with Crippen molar-refractivity contribution in [2.45, 2.75) is 32.6 Å². The third-order valence-electron chi connectivity index (χ3n) is 3.87. The van der Waals surface area contributed by atoms with E-state index in [-0.39, 0.29) is 5.91 Å². The lowest BCUT2D eigenvalue weighted by Crippen LogP contribution is -2.32. The van der Waals surface area contributed by atoms with E-state index in [1.807, 2.05) is 17.0 Å². The third-order valence-corrected chi connectivity index (χ3v) is 3.87. The predicted octanol–water partition coefficient (Wildman–Crippen LogP) is 2.92. The molecule has 1 aromatic carbocycles. The molecule has 1 aliphatic heterocycles. The van der Waals surface area contributed by atoms with Crippen LogP contribution < -0.4 is 5.73 Å². The number of carbonyl (C=O) groups is 1. The van der Waals surface area contributed by atoms with Crippen LogP contribution in [0.15, 0.2) is 24.3 Å². The summed E-state index contributed by atoms with van der Waals surface area (Å²) in [6, 6.07) is 7.22. The van der Waals surface area contributed by atoms with Gasteiger partial charge in [0.15, 0.2) is 0 Å². The van der Waals surface area contributed by atoms with Crippen molar-refractivity contribution in [3.05, 3.63) is 29.8 Å². The van der Waals surface area contributed by atoms with Gasteiger partial charge in [-0.25, -0.2) is 0 Å². The van der Waals surface area contributed by atoms with E-state index in [1.165, 1.54) is 12.8 Å². The molecular formula is C15H22N2O. The van der Waals surface area contributed by atoms with Crippen LogP contribution in [-0.4, -0.2) is 23.9 Å². The maximum absolute atomic E-state index is 12.3. The van der Waals surface area contributed by atoms with Crippen molar-refractivity contribution >= 4 is 11.6 Å². The van der Waals surface area contributed by atoms with Gasteiger partial charge in [-0.05, 0) is 49.4 Å². The monoisotopic (exact) mass is 246 g/mol. The zero-order chi connectivity index (χ0) is 13.0. The van der Waals surface area contributed by atoms with Gasteiger partial charge in [-0.3, -0.25) is 4.79 Å². The molecule has 1 aliphatic rings. The van der Waals surface area contributed by atoms with E-state index >= 15 is 0 Å².